The third-order valence-corrected chi connectivity index (χ3v) is 5.73. The first-order chi connectivity index (χ1) is 14.3. The minimum absolute atomic E-state index is 0.182. The summed E-state index contributed by atoms with van der Waals surface area (Å²) in [5.74, 6) is 0.582. The van der Waals surface area contributed by atoms with Crippen molar-refractivity contribution in [2.75, 3.05) is 42.5 Å². The predicted molar refractivity (Wildman–Crippen MR) is 121 cm³/mol. The molecule has 164 valence electrons. The van der Waals surface area contributed by atoms with E-state index in [4.69, 9.17) is 16.3 Å². The van der Waals surface area contributed by atoms with Crippen LogP contribution in [0.5, 0.6) is 5.75 Å². The maximum atomic E-state index is 11.2. The zero-order valence-corrected chi connectivity index (χ0v) is 18.5. The van der Waals surface area contributed by atoms with Gasteiger partial charge in [0.2, 0.25) is 10.0 Å². The Balaban J connectivity index is 1.36. The van der Waals surface area contributed by atoms with E-state index in [1.54, 1.807) is 24.3 Å². The summed E-state index contributed by atoms with van der Waals surface area (Å²) in [5.41, 5.74) is 1.55. The smallest absolute Gasteiger partial charge is 0.229 e. The normalized spacial score (nSPS) is 16.8. The molecule has 1 aliphatic rings. The first kappa shape index (κ1) is 22.7. The molecule has 0 amide bonds. The van der Waals surface area contributed by atoms with Gasteiger partial charge in [-0.3, -0.25) is 4.72 Å². The molecule has 7 nitrogen and oxygen atoms in total. The van der Waals surface area contributed by atoms with Gasteiger partial charge < -0.3 is 20.1 Å². The number of nitrogens with zero attached hydrogens (tertiary/aromatic N) is 1. The molecule has 0 unspecified atom stereocenters. The lowest BCUT2D eigenvalue weighted by Gasteiger charge is -2.33. The Morgan fingerprint density at radius 3 is 2.30 bits per heavy atom. The summed E-state index contributed by atoms with van der Waals surface area (Å²) in [4.78, 5) is 2.24. The number of nitrogens with one attached hydrogen (secondary N) is 2. The van der Waals surface area contributed by atoms with Crippen LogP contribution in [0.15, 0.2) is 48.5 Å². The molecule has 1 heterocycles. The Labute approximate surface area is 183 Å². The van der Waals surface area contributed by atoms with E-state index in [1.807, 2.05) is 24.3 Å². The fraction of sp³-hybridized carbons (Fsp3) is 0.429. The SMILES string of the molecule is CS(=O)(=O)Nc1ccc(OC[C@@H](O)CN2CCC(Nc3ccc(Cl)cc3)CC2)cc1. The third kappa shape index (κ3) is 7.68. The number of hydrogen-bond donors (Lipinski definition) is 3. The van der Waals surface area contributed by atoms with Gasteiger partial charge in [-0.15, -0.1) is 0 Å². The van der Waals surface area contributed by atoms with E-state index < -0.39 is 16.1 Å². The highest BCUT2D eigenvalue weighted by atomic mass is 35.5. The average molecular weight is 454 g/mol. The lowest BCUT2D eigenvalue weighted by atomic mass is 10.0. The Hall–Kier alpha value is -2.00. The van der Waals surface area contributed by atoms with E-state index >= 15 is 0 Å². The van der Waals surface area contributed by atoms with Crippen molar-refractivity contribution in [3.8, 4) is 5.75 Å². The Kier molecular flexibility index (Phi) is 7.82. The number of ether oxygens (including phenoxy) is 1. The quantitative estimate of drug-likeness (QED) is 0.540. The maximum Gasteiger partial charge on any atom is 0.229 e. The molecule has 0 saturated carbocycles. The summed E-state index contributed by atoms with van der Waals surface area (Å²) in [5, 5.41) is 14.6. The minimum Gasteiger partial charge on any atom is -0.491 e. The fourth-order valence-electron chi connectivity index (χ4n) is 3.42. The number of sulfonamides is 1. The lowest BCUT2D eigenvalue weighted by molar-refractivity contribution is 0.0605. The van der Waals surface area contributed by atoms with Crippen molar-refractivity contribution in [3.05, 3.63) is 53.6 Å². The summed E-state index contributed by atoms with van der Waals surface area (Å²) in [6, 6.07) is 14.7. The predicted octanol–water partition coefficient (Wildman–Crippen LogP) is 3.03. The number of aliphatic hydroxyl groups excluding tert-OH is 1. The first-order valence-corrected chi connectivity index (χ1v) is 12.2. The summed E-state index contributed by atoms with van der Waals surface area (Å²) in [6.07, 6.45) is 2.51. The number of hydrogen-bond acceptors (Lipinski definition) is 6. The largest absolute Gasteiger partial charge is 0.491 e. The van der Waals surface area contributed by atoms with Crippen LogP contribution in [0.3, 0.4) is 0 Å². The highest BCUT2D eigenvalue weighted by Crippen LogP contribution is 2.20. The van der Waals surface area contributed by atoms with Crippen molar-refractivity contribution >= 4 is 33.0 Å². The van der Waals surface area contributed by atoms with Crippen molar-refractivity contribution in [1.29, 1.82) is 0 Å². The summed E-state index contributed by atoms with van der Waals surface area (Å²) in [7, 11) is -3.30. The molecule has 1 atom stereocenters. The zero-order chi connectivity index (χ0) is 21.6. The maximum absolute atomic E-state index is 11.2. The number of aliphatic hydroxyl groups is 1. The molecule has 0 aliphatic carbocycles. The molecule has 0 aromatic heterocycles. The van der Waals surface area contributed by atoms with E-state index in [2.05, 4.69) is 14.9 Å². The number of β-amino-alcohol motifs (C(OH)–C–C–N with tert-alkyl or cyclic N) is 1. The van der Waals surface area contributed by atoms with E-state index in [9.17, 15) is 13.5 Å². The van der Waals surface area contributed by atoms with Gasteiger partial charge in [0.05, 0.1) is 6.26 Å². The molecular formula is C21H28ClN3O4S. The molecule has 2 aromatic carbocycles. The van der Waals surface area contributed by atoms with Gasteiger partial charge in [0, 0.05) is 42.1 Å². The van der Waals surface area contributed by atoms with Crippen molar-refractivity contribution in [3.63, 3.8) is 0 Å². The minimum atomic E-state index is -3.30. The average Bonchev–Trinajstić information content (AvgIpc) is 2.69. The first-order valence-electron chi connectivity index (χ1n) is 9.90. The van der Waals surface area contributed by atoms with Gasteiger partial charge >= 0.3 is 0 Å². The van der Waals surface area contributed by atoms with E-state index in [-0.39, 0.29) is 6.61 Å². The Bertz CT molecular complexity index is 899. The number of halogens is 1. The monoisotopic (exact) mass is 453 g/mol. The van der Waals surface area contributed by atoms with Crippen LogP contribution in [0.25, 0.3) is 0 Å². The number of benzene rings is 2. The third-order valence-electron chi connectivity index (χ3n) is 4.87. The van der Waals surface area contributed by atoms with Crippen LogP contribution in [0.2, 0.25) is 5.02 Å². The summed E-state index contributed by atoms with van der Waals surface area (Å²) < 4.78 is 30.5. The van der Waals surface area contributed by atoms with Crippen LogP contribution < -0.4 is 14.8 Å². The number of piperidine rings is 1. The lowest BCUT2D eigenvalue weighted by Crippen LogP contribution is -2.43. The second-order valence-electron chi connectivity index (χ2n) is 7.59. The molecule has 0 spiro atoms. The second-order valence-corrected chi connectivity index (χ2v) is 9.77. The van der Waals surface area contributed by atoms with E-state index in [0.717, 1.165) is 42.9 Å². The van der Waals surface area contributed by atoms with Crippen molar-refractivity contribution < 1.29 is 18.3 Å². The van der Waals surface area contributed by atoms with Crippen LogP contribution >= 0.6 is 11.6 Å². The summed E-state index contributed by atoms with van der Waals surface area (Å²) >= 11 is 5.92. The van der Waals surface area contributed by atoms with Gasteiger partial charge in [0.1, 0.15) is 18.5 Å². The molecule has 30 heavy (non-hydrogen) atoms. The van der Waals surface area contributed by atoms with Gasteiger partial charge in [0.25, 0.3) is 0 Å². The Morgan fingerprint density at radius 1 is 1.10 bits per heavy atom. The van der Waals surface area contributed by atoms with Gasteiger partial charge in [-0.1, -0.05) is 11.6 Å². The van der Waals surface area contributed by atoms with Crippen molar-refractivity contribution in [2.45, 2.75) is 25.0 Å². The molecule has 9 heteroatoms. The van der Waals surface area contributed by atoms with Crippen LogP contribution in [-0.4, -0.2) is 63.1 Å². The highest BCUT2D eigenvalue weighted by Gasteiger charge is 2.21. The molecule has 3 rings (SSSR count). The molecule has 3 N–H and O–H groups in total. The molecule has 1 aliphatic heterocycles. The van der Waals surface area contributed by atoms with Crippen LogP contribution in [0, 0.1) is 0 Å². The van der Waals surface area contributed by atoms with Crippen molar-refractivity contribution in [1.82, 2.24) is 4.90 Å². The molecule has 0 bridgehead atoms. The standard InChI is InChI=1S/C21H28ClN3O4S/c1-30(27,28)24-19-6-8-21(9-7-19)29-15-20(26)14-25-12-10-18(11-13-25)23-17-4-2-16(22)3-5-17/h2-9,18,20,23-24,26H,10-15H2,1H3/t20-/m0/s1. The number of anilines is 2. The Morgan fingerprint density at radius 2 is 1.70 bits per heavy atom. The number of likely N-dealkylation sites (tertiary alicyclic amines) is 1. The van der Waals surface area contributed by atoms with Gasteiger partial charge in [0.15, 0.2) is 0 Å². The van der Waals surface area contributed by atoms with Gasteiger partial charge in [-0.2, -0.15) is 0 Å². The second kappa shape index (κ2) is 10.3. The van der Waals surface area contributed by atoms with E-state index in [1.165, 1.54) is 0 Å². The number of rotatable bonds is 9. The topological polar surface area (TPSA) is 90.9 Å². The molecule has 0 radical (unpaired) electrons. The zero-order valence-electron chi connectivity index (χ0n) is 16.9. The van der Waals surface area contributed by atoms with Crippen LogP contribution in [0.4, 0.5) is 11.4 Å². The van der Waals surface area contributed by atoms with Crippen LogP contribution in [0.1, 0.15) is 12.8 Å². The fourth-order valence-corrected chi connectivity index (χ4v) is 4.11. The van der Waals surface area contributed by atoms with Gasteiger partial charge in [-0.25, -0.2) is 8.42 Å². The van der Waals surface area contributed by atoms with Crippen LogP contribution in [-0.2, 0) is 10.0 Å². The molecular weight excluding hydrogens is 426 g/mol. The molecule has 1 saturated heterocycles. The van der Waals surface area contributed by atoms with E-state index in [0.29, 0.717) is 24.0 Å². The summed E-state index contributed by atoms with van der Waals surface area (Å²) in [6.45, 7) is 2.56. The highest BCUT2D eigenvalue weighted by molar-refractivity contribution is 7.92. The van der Waals surface area contributed by atoms with Crippen molar-refractivity contribution in [2.24, 2.45) is 0 Å². The molecule has 2 aromatic rings. The molecule has 1 fully saturated rings. The van der Waals surface area contributed by atoms with Gasteiger partial charge in [-0.05, 0) is 61.4 Å².